The van der Waals surface area contributed by atoms with Crippen molar-refractivity contribution in [1.29, 1.82) is 10.5 Å². The van der Waals surface area contributed by atoms with Gasteiger partial charge in [0.2, 0.25) is 0 Å². The summed E-state index contributed by atoms with van der Waals surface area (Å²) >= 11 is 0. The molecule has 0 aliphatic rings. The number of isocyanates is 2. The number of hydrogen-bond donors (Lipinski definition) is 2. The van der Waals surface area contributed by atoms with Gasteiger partial charge in [0.25, 0.3) is 12.5 Å². The Hall–Kier alpha value is 0.437. The molecule has 14 heteroatoms. The molecule has 0 spiro atoms. The van der Waals surface area contributed by atoms with Gasteiger partial charge in [0, 0.05) is 73.8 Å². The average molecular weight is 1170 g/mol. The smallest absolute Gasteiger partial charge is 0.283 e. The molecular formula is C38H82N4O4P4Pt2+2. The maximum atomic E-state index is 8.24. The van der Waals surface area contributed by atoms with E-state index in [4.69, 9.17) is 41.1 Å². The van der Waals surface area contributed by atoms with Crippen LogP contribution in [-0.4, -0.2) is 75.4 Å². The monoisotopic (exact) mass is 1170 g/mol. The Morgan fingerprint density at radius 2 is 0.442 bits per heavy atom. The Balaban J connectivity index is -0.0000000920. The molecule has 8 nitrogen and oxygen atoms in total. The van der Waals surface area contributed by atoms with Crippen LogP contribution in [0.5, 0.6) is 0 Å². The summed E-state index contributed by atoms with van der Waals surface area (Å²) in [5, 5.41) is 45.0. The van der Waals surface area contributed by atoms with Crippen LogP contribution < -0.4 is 0 Å². The Kier molecular flexibility index (Phi) is 40.1. The molecule has 0 fully saturated rings. The Morgan fingerprint density at radius 3 is 0.481 bits per heavy atom. The minimum atomic E-state index is -0.394. The first-order valence-electron chi connectivity index (χ1n) is 17.2. The Labute approximate surface area is 356 Å². The van der Waals surface area contributed by atoms with Gasteiger partial charge in [0.05, 0.1) is 41.2 Å². The van der Waals surface area contributed by atoms with Crippen molar-refractivity contribution in [2.45, 2.75) is 207 Å². The summed E-state index contributed by atoms with van der Waals surface area (Å²) in [7, 11) is -1.58. The number of hydrogen-bond acceptors (Lipinski definition) is 6. The van der Waals surface area contributed by atoms with Crippen LogP contribution in [0.3, 0.4) is 0 Å². The van der Waals surface area contributed by atoms with Gasteiger partial charge in [-0.05, 0) is 178 Å². The second kappa shape index (κ2) is 29.6. The first kappa shape index (κ1) is 70.3. The molecule has 0 saturated heterocycles. The molecule has 0 radical (unpaired) electrons. The van der Waals surface area contributed by atoms with Crippen LogP contribution in [0.4, 0.5) is 0 Å². The third kappa shape index (κ3) is 38.7. The third-order valence-electron chi connectivity index (χ3n) is 7.95. The van der Waals surface area contributed by atoms with E-state index in [1.54, 1.807) is 0 Å². The van der Waals surface area contributed by atoms with E-state index in [1.807, 2.05) is 0 Å². The van der Waals surface area contributed by atoms with Crippen molar-refractivity contribution in [3.63, 3.8) is 0 Å². The molecular weight excluding hydrogens is 1090 g/mol. The van der Waals surface area contributed by atoms with Crippen LogP contribution in [0.2, 0.25) is 0 Å². The predicted molar refractivity (Wildman–Crippen MR) is 234 cm³/mol. The van der Waals surface area contributed by atoms with Crippen molar-refractivity contribution < 1.29 is 61.9 Å². The number of aliphatic hydroxyl groups is 2. The van der Waals surface area contributed by atoms with Crippen LogP contribution in [0.1, 0.15) is 166 Å². The molecule has 316 valence electrons. The summed E-state index contributed by atoms with van der Waals surface area (Å²) in [5.41, 5.74) is 0. The zero-order valence-electron chi connectivity index (χ0n) is 37.5. The van der Waals surface area contributed by atoms with Crippen molar-refractivity contribution in [3.8, 4) is 12.5 Å². The van der Waals surface area contributed by atoms with Crippen molar-refractivity contribution in [2.24, 2.45) is 0 Å². The normalized spacial score (nSPS) is 11.9. The number of carbonyl (C=O) groups excluding carboxylic acids is 2. The van der Waals surface area contributed by atoms with E-state index in [1.165, 1.54) is 11.8 Å². The second-order valence-corrected chi connectivity index (χ2v) is 39.3. The van der Waals surface area contributed by atoms with Gasteiger partial charge >= 0.3 is 0 Å². The van der Waals surface area contributed by atoms with Crippen molar-refractivity contribution in [1.82, 2.24) is 0 Å². The molecule has 0 heterocycles. The second-order valence-electron chi connectivity index (χ2n) is 20.7. The quantitative estimate of drug-likeness (QED) is 0.123. The van der Waals surface area contributed by atoms with E-state index >= 15 is 0 Å². The largest absolute Gasteiger partial charge is 0.724 e. The molecule has 0 unspecified atom stereocenters. The molecule has 0 aromatic rings. The molecule has 0 aromatic heterocycles. The van der Waals surface area contributed by atoms with Crippen LogP contribution in [0.25, 0.3) is 10.8 Å². The van der Waals surface area contributed by atoms with Gasteiger partial charge in [0.1, 0.15) is 0 Å². The first-order chi connectivity index (χ1) is 21.6. The van der Waals surface area contributed by atoms with Crippen LogP contribution >= 0.6 is 31.7 Å². The molecule has 0 bridgehead atoms. The van der Waals surface area contributed by atoms with Crippen LogP contribution in [0.15, 0.2) is 0 Å². The van der Waals surface area contributed by atoms with Crippen molar-refractivity contribution >= 4 is 43.8 Å². The van der Waals surface area contributed by atoms with E-state index < -0.39 is 31.7 Å². The van der Waals surface area contributed by atoms with Gasteiger partial charge in [-0.25, -0.2) is 0 Å². The van der Waals surface area contributed by atoms with Gasteiger partial charge < -0.3 is 21.0 Å². The van der Waals surface area contributed by atoms with Crippen LogP contribution in [-0.2, 0) is 51.7 Å². The number of nitriles is 2. The molecule has 0 rings (SSSR count). The standard InChI is InChI=1S/2C17H38P2.2CHNO.2CNO.2Pt/c2*1-14(2,3)18(15(4,5)6)13-19(16(7,8)9)17(10,11)12;4*2-1-3;;/h2*13H2,1-12H3;2*3H;;;;/q;;;;2*-1;;/p+4. The number of rotatable bonds is 4. The summed E-state index contributed by atoms with van der Waals surface area (Å²) in [6.45, 7) is 59.3. The van der Waals surface area contributed by atoms with Crippen molar-refractivity contribution in [3.05, 3.63) is 10.8 Å². The average Bonchev–Trinajstić information content (AvgIpc) is 2.74. The molecule has 0 aliphatic heterocycles. The number of aliphatic hydroxyl groups excluding tert-OH is 2. The fraction of sp³-hybridized carbons (Fsp3) is 0.895. The molecule has 0 aromatic carbocycles. The molecule has 0 amide bonds. The molecule has 0 atom stereocenters. The van der Waals surface area contributed by atoms with Gasteiger partial charge in [0.15, 0.2) is 11.8 Å². The van der Waals surface area contributed by atoms with E-state index in [0.29, 0.717) is 53.4 Å². The fourth-order valence-electron chi connectivity index (χ4n) is 6.97. The topological polar surface area (TPSA) is 167 Å². The SMILES string of the molecule is CC(C)(C)[PH+](C[PH+](C(C)(C)C)C(C)(C)C)C(C)(C)C.CC(C)(C)[PH+](C[PH+](C(C)(C)C)C(C)(C)C)C(C)(C)C.N#CO.N#CO.[N-]=C=O.[N-]=C=O.[Pt].[Pt]. The fourth-order valence-corrected chi connectivity index (χ4v) is 35.8. The van der Waals surface area contributed by atoms with E-state index in [2.05, 4.69) is 166 Å². The Morgan fingerprint density at radius 1 is 0.385 bits per heavy atom. The first-order valence-corrected chi connectivity index (χ1v) is 24.0. The maximum absolute atomic E-state index is 8.24. The molecule has 52 heavy (non-hydrogen) atoms. The summed E-state index contributed by atoms with van der Waals surface area (Å²) < 4.78 is 0. The maximum Gasteiger partial charge on any atom is 0.283 e. The Bertz CT molecular complexity index is 859. The third-order valence-corrected chi connectivity index (χ3v) is 28.1. The van der Waals surface area contributed by atoms with Crippen LogP contribution in [0, 0.1) is 23.0 Å². The van der Waals surface area contributed by atoms with Gasteiger partial charge in [-0.15, -0.1) is 0 Å². The minimum Gasteiger partial charge on any atom is -0.724 e. The minimum absolute atomic E-state index is 0. The molecule has 0 aliphatic carbocycles. The van der Waals surface area contributed by atoms with E-state index in [-0.39, 0.29) is 42.1 Å². The van der Waals surface area contributed by atoms with E-state index in [9.17, 15) is 0 Å². The summed E-state index contributed by atoms with van der Waals surface area (Å²) in [5.74, 6) is 3.05. The molecule has 0 saturated carbocycles. The predicted octanol–water partition coefficient (Wildman–Crippen LogP) is 12.6. The summed E-state index contributed by atoms with van der Waals surface area (Å²) in [6, 6.07) is 0. The van der Waals surface area contributed by atoms with Gasteiger partial charge in [-0.2, -0.15) is 10.5 Å². The number of nitrogens with zero attached hydrogens (tertiary/aromatic N) is 4. The zero-order valence-corrected chi connectivity index (χ0v) is 46.1. The van der Waals surface area contributed by atoms with Crippen molar-refractivity contribution in [2.75, 3.05) is 11.8 Å². The summed E-state index contributed by atoms with van der Waals surface area (Å²) in [6.07, 6.45) is 2.50. The van der Waals surface area contributed by atoms with E-state index in [0.717, 1.165) is 12.5 Å². The zero-order chi connectivity index (χ0) is 42.6. The molecule has 2 N–H and O–H groups in total. The summed E-state index contributed by atoms with van der Waals surface area (Å²) in [4.78, 5) is 16.5. The van der Waals surface area contributed by atoms with Gasteiger partial charge in [-0.3, -0.25) is 9.59 Å². The van der Waals surface area contributed by atoms with Gasteiger partial charge in [-0.1, -0.05) is 0 Å².